The van der Waals surface area contributed by atoms with E-state index in [0.717, 1.165) is 31.7 Å². The first-order valence-corrected chi connectivity index (χ1v) is 6.40. The standard InChI is InChI=1S/C13H15ClF3N.ClH/c14-11-9(12(18)8-4-1-2-5-8)6-3-7-10(11)13(15,16)17;/h3,6-8,12H,1-2,4-5,18H2;1H/t12-;/m0./s1. The predicted octanol–water partition coefficient (Wildman–Crippen LogP) is 4.97. The minimum Gasteiger partial charge on any atom is -0.324 e. The minimum absolute atomic E-state index is 0. The van der Waals surface area contributed by atoms with E-state index in [1.807, 2.05) is 0 Å². The Kier molecular flexibility index (Phi) is 5.53. The molecule has 0 bridgehead atoms. The van der Waals surface area contributed by atoms with Crippen molar-refractivity contribution in [3.8, 4) is 0 Å². The Bertz CT molecular complexity index is 428. The van der Waals surface area contributed by atoms with E-state index in [2.05, 4.69) is 0 Å². The fourth-order valence-electron chi connectivity index (χ4n) is 2.60. The maximum atomic E-state index is 12.7. The van der Waals surface area contributed by atoms with Crippen LogP contribution in [0.5, 0.6) is 0 Å². The molecule has 0 saturated heterocycles. The number of hydrogen-bond acceptors (Lipinski definition) is 1. The molecule has 19 heavy (non-hydrogen) atoms. The number of halogens is 5. The molecule has 1 aliphatic rings. The van der Waals surface area contributed by atoms with Gasteiger partial charge in [0.15, 0.2) is 0 Å². The van der Waals surface area contributed by atoms with E-state index in [1.165, 1.54) is 6.07 Å². The fourth-order valence-corrected chi connectivity index (χ4v) is 2.96. The molecule has 1 aromatic carbocycles. The van der Waals surface area contributed by atoms with E-state index in [9.17, 15) is 13.2 Å². The van der Waals surface area contributed by atoms with E-state index in [-0.39, 0.29) is 23.3 Å². The first-order chi connectivity index (χ1) is 8.41. The summed E-state index contributed by atoms with van der Waals surface area (Å²) < 4.78 is 38.2. The summed E-state index contributed by atoms with van der Waals surface area (Å²) in [7, 11) is 0. The average Bonchev–Trinajstić information content (AvgIpc) is 2.80. The van der Waals surface area contributed by atoms with Gasteiger partial charge in [-0.1, -0.05) is 36.6 Å². The van der Waals surface area contributed by atoms with Gasteiger partial charge in [-0.15, -0.1) is 12.4 Å². The maximum Gasteiger partial charge on any atom is 0.417 e. The van der Waals surface area contributed by atoms with Gasteiger partial charge < -0.3 is 5.73 Å². The zero-order chi connectivity index (χ0) is 13.3. The van der Waals surface area contributed by atoms with Gasteiger partial charge in [-0.3, -0.25) is 0 Å². The summed E-state index contributed by atoms with van der Waals surface area (Å²) in [5.41, 5.74) is 5.68. The van der Waals surface area contributed by atoms with Crippen LogP contribution in [0.1, 0.15) is 42.9 Å². The van der Waals surface area contributed by atoms with Crippen molar-refractivity contribution in [2.75, 3.05) is 0 Å². The van der Waals surface area contributed by atoms with Crippen LogP contribution in [0.3, 0.4) is 0 Å². The van der Waals surface area contributed by atoms with Crippen molar-refractivity contribution in [3.63, 3.8) is 0 Å². The lowest BCUT2D eigenvalue weighted by atomic mass is 9.91. The third-order valence-corrected chi connectivity index (χ3v) is 4.02. The van der Waals surface area contributed by atoms with Crippen molar-refractivity contribution in [1.29, 1.82) is 0 Å². The number of rotatable bonds is 2. The number of hydrogen-bond donors (Lipinski definition) is 1. The van der Waals surface area contributed by atoms with Crippen LogP contribution in [-0.4, -0.2) is 0 Å². The molecule has 1 aromatic rings. The van der Waals surface area contributed by atoms with Gasteiger partial charge in [-0.25, -0.2) is 0 Å². The normalized spacial score (nSPS) is 18.2. The Hall–Kier alpha value is -0.450. The number of alkyl halides is 3. The highest BCUT2D eigenvalue weighted by Gasteiger charge is 2.35. The first kappa shape index (κ1) is 16.6. The van der Waals surface area contributed by atoms with Gasteiger partial charge in [0.2, 0.25) is 0 Å². The summed E-state index contributed by atoms with van der Waals surface area (Å²) in [6, 6.07) is 3.56. The third kappa shape index (κ3) is 3.56. The summed E-state index contributed by atoms with van der Waals surface area (Å²) in [6.45, 7) is 0. The maximum absolute atomic E-state index is 12.7. The van der Waals surface area contributed by atoms with E-state index in [1.54, 1.807) is 6.07 Å². The van der Waals surface area contributed by atoms with Crippen molar-refractivity contribution >= 4 is 24.0 Å². The van der Waals surface area contributed by atoms with Crippen LogP contribution in [-0.2, 0) is 6.18 Å². The average molecular weight is 314 g/mol. The molecule has 2 N–H and O–H groups in total. The van der Waals surface area contributed by atoms with Crippen LogP contribution in [0.4, 0.5) is 13.2 Å². The minimum atomic E-state index is -4.43. The largest absolute Gasteiger partial charge is 0.417 e. The van der Waals surface area contributed by atoms with Crippen LogP contribution >= 0.6 is 24.0 Å². The quantitative estimate of drug-likeness (QED) is 0.819. The lowest BCUT2D eigenvalue weighted by Gasteiger charge is -2.22. The third-order valence-electron chi connectivity index (χ3n) is 3.60. The van der Waals surface area contributed by atoms with Gasteiger partial charge in [-0.2, -0.15) is 13.2 Å². The molecule has 0 amide bonds. The second-order valence-electron chi connectivity index (χ2n) is 4.78. The highest BCUT2D eigenvalue weighted by atomic mass is 35.5. The molecular formula is C13H16Cl2F3N. The van der Waals surface area contributed by atoms with Crippen molar-refractivity contribution in [2.45, 2.75) is 37.9 Å². The van der Waals surface area contributed by atoms with Gasteiger partial charge in [0.05, 0.1) is 10.6 Å². The van der Waals surface area contributed by atoms with E-state index in [4.69, 9.17) is 17.3 Å². The monoisotopic (exact) mass is 313 g/mol. The van der Waals surface area contributed by atoms with E-state index in [0.29, 0.717) is 5.56 Å². The van der Waals surface area contributed by atoms with E-state index >= 15 is 0 Å². The molecule has 0 radical (unpaired) electrons. The van der Waals surface area contributed by atoms with Crippen molar-refractivity contribution in [3.05, 3.63) is 34.3 Å². The van der Waals surface area contributed by atoms with Gasteiger partial charge >= 0.3 is 6.18 Å². The van der Waals surface area contributed by atoms with Crippen LogP contribution in [0.2, 0.25) is 5.02 Å². The summed E-state index contributed by atoms with van der Waals surface area (Å²) in [5.74, 6) is 0.242. The van der Waals surface area contributed by atoms with Crippen LogP contribution < -0.4 is 5.73 Å². The molecule has 1 atom stereocenters. The molecule has 6 heteroatoms. The smallest absolute Gasteiger partial charge is 0.324 e. The number of benzene rings is 1. The van der Waals surface area contributed by atoms with E-state index < -0.39 is 17.8 Å². The Morgan fingerprint density at radius 1 is 1.21 bits per heavy atom. The molecule has 0 aliphatic heterocycles. The van der Waals surface area contributed by atoms with Gasteiger partial charge in [0.25, 0.3) is 0 Å². The molecule has 0 spiro atoms. The number of nitrogens with two attached hydrogens (primary N) is 1. The molecule has 1 aliphatic carbocycles. The second kappa shape index (κ2) is 6.33. The molecular weight excluding hydrogens is 298 g/mol. The van der Waals surface area contributed by atoms with Gasteiger partial charge in [0.1, 0.15) is 0 Å². The predicted molar refractivity (Wildman–Crippen MR) is 72.6 cm³/mol. The van der Waals surface area contributed by atoms with Gasteiger partial charge in [0, 0.05) is 6.04 Å². The Labute approximate surface area is 121 Å². The molecule has 1 fully saturated rings. The Morgan fingerprint density at radius 2 is 1.79 bits per heavy atom. The van der Waals surface area contributed by atoms with Crippen molar-refractivity contribution < 1.29 is 13.2 Å². The summed E-state index contributed by atoms with van der Waals surface area (Å²) in [6.07, 6.45) is -0.312. The van der Waals surface area contributed by atoms with Gasteiger partial charge in [-0.05, 0) is 30.4 Å². The van der Waals surface area contributed by atoms with Crippen LogP contribution in [0, 0.1) is 5.92 Å². The van der Waals surface area contributed by atoms with Crippen LogP contribution in [0.15, 0.2) is 18.2 Å². The Balaban J connectivity index is 0.00000180. The SMILES string of the molecule is Cl.N[C@H](c1cccc(C(F)(F)F)c1Cl)C1CCCC1. The zero-order valence-corrected chi connectivity index (χ0v) is 11.8. The summed E-state index contributed by atoms with van der Waals surface area (Å²) in [5, 5.41) is -0.246. The van der Waals surface area contributed by atoms with Crippen molar-refractivity contribution in [1.82, 2.24) is 0 Å². The first-order valence-electron chi connectivity index (χ1n) is 6.02. The molecule has 0 heterocycles. The summed E-state index contributed by atoms with van der Waals surface area (Å²) in [4.78, 5) is 0. The fraction of sp³-hybridized carbons (Fsp3) is 0.538. The molecule has 1 nitrogen and oxygen atoms in total. The lowest BCUT2D eigenvalue weighted by Crippen LogP contribution is -2.20. The second-order valence-corrected chi connectivity index (χ2v) is 5.15. The molecule has 2 rings (SSSR count). The van der Waals surface area contributed by atoms with Crippen LogP contribution in [0.25, 0.3) is 0 Å². The highest BCUT2D eigenvalue weighted by Crippen LogP contribution is 2.41. The Morgan fingerprint density at radius 3 is 2.32 bits per heavy atom. The zero-order valence-electron chi connectivity index (χ0n) is 10.2. The lowest BCUT2D eigenvalue weighted by molar-refractivity contribution is -0.137. The highest BCUT2D eigenvalue weighted by molar-refractivity contribution is 6.32. The summed E-state index contributed by atoms with van der Waals surface area (Å²) >= 11 is 5.87. The molecule has 0 unspecified atom stereocenters. The molecule has 1 saturated carbocycles. The molecule has 108 valence electrons. The molecule has 0 aromatic heterocycles. The van der Waals surface area contributed by atoms with Crippen molar-refractivity contribution in [2.24, 2.45) is 11.7 Å². The topological polar surface area (TPSA) is 26.0 Å².